The van der Waals surface area contributed by atoms with E-state index in [2.05, 4.69) is 5.10 Å². The third kappa shape index (κ3) is 2.96. The molecule has 0 radical (unpaired) electrons. The van der Waals surface area contributed by atoms with E-state index in [0.29, 0.717) is 22.7 Å². The lowest BCUT2D eigenvalue weighted by atomic mass is 10.1. The highest BCUT2D eigenvalue weighted by atomic mass is 35.5. The molecule has 0 unspecified atom stereocenters. The number of carbonyl (C=O) groups is 1. The molecule has 0 bridgehead atoms. The molecule has 0 atom stereocenters. The number of ketones is 1. The second-order valence-electron chi connectivity index (χ2n) is 4.43. The summed E-state index contributed by atoms with van der Waals surface area (Å²) < 4.78 is 1.84. The Morgan fingerprint density at radius 3 is 2.79 bits per heavy atom. The number of aryl methyl sites for hydroxylation is 2. The van der Waals surface area contributed by atoms with E-state index in [1.807, 2.05) is 24.6 Å². The standard InChI is InChI=1S/C14H16ClN3O/c1-3-18-11(6-9(2)17-18)8-14(19)10-4-5-13(16)12(15)7-10/h4-7H,3,8,16H2,1-2H3. The number of Topliss-reactive ketones (excluding diaryl/α,β-unsaturated/α-hetero) is 1. The minimum atomic E-state index is 0.0106. The first-order chi connectivity index (χ1) is 9.01. The van der Waals surface area contributed by atoms with Crippen LogP contribution in [0.5, 0.6) is 0 Å². The summed E-state index contributed by atoms with van der Waals surface area (Å²) in [5, 5.41) is 4.73. The Morgan fingerprint density at radius 2 is 2.16 bits per heavy atom. The van der Waals surface area contributed by atoms with Crippen LogP contribution in [-0.2, 0) is 13.0 Å². The van der Waals surface area contributed by atoms with E-state index >= 15 is 0 Å². The van der Waals surface area contributed by atoms with E-state index in [-0.39, 0.29) is 5.78 Å². The Balaban J connectivity index is 2.22. The summed E-state index contributed by atoms with van der Waals surface area (Å²) in [7, 11) is 0. The first kappa shape index (κ1) is 13.6. The Bertz CT molecular complexity index is 619. The van der Waals surface area contributed by atoms with E-state index in [9.17, 15) is 4.79 Å². The number of aromatic nitrogens is 2. The third-order valence-electron chi connectivity index (χ3n) is 2.95. The molecule has 2 aromatic rings. The Hall–Kier alpha value is -1.81. The monoisotopic (exact) mass is 277 g/mol. The normalized spacial score (nSPS) is 10.7. The fourth-order valence-corrected chi connectivity index (χ4v) is 2.16. The zero-order valence-electron chi connectivity index (χ0n) is 11.0. The van der Waals surface area contributed by atoms with Crippen molar-refractivity contribution in [3.8, 4) is 0 Å². The number of nitrogen functional groups attached to an aromatic ring is 1. The van der Waals surface area contributed by atoms with Crippen LogP contribution in [0.15, 0.2) is 24.3 Å². The van der Waals surface area contributed by atoms with Gasteiger partial charge in [-0.25, -0.2) is 0 Å². The average Bonchev–Trinajstić information content (AvgIpc) is 2.72. The number of hydrogen-bond acceptors (Lipinski definition) is 3. The molecule has 1 aromatic carbocycles. The van der Waals surface area contributed by atoms with Crippen LogP contribution in [0.3, 0.4) is 0 Å². The number of halogens is 1. The highest BCUT2D eigenvalue weighted by Gasteiger charge is 2.12. The first-order valence-electron chi connectivity index (χ1n) is 6.12. The van der Waals surface area contributed by atoms with Gasteiger partial charge in [0.2, 0.25) is 0 Å². The molecule has 0 aliphatic carbocycles. The summed E-state index contributed by atoms with van der Waals surface area (Å²) in [4.78, 5) is 12.2. The van der Waals surface area contributed by atoms with Gasteiger partial charge < -0.3 is 5.73 Å². The molecular weight excluding hydrogens is 262 g/mol. The molecule has 1 heterocycles. The SMILES string of the molecule is CCn1nc(C)cc1CC(=O)c1ccc(N)c(Cl)c1. The molecule has 0 aliphatic heterocycles. The Labute approximate surface area is 117 Å². The summed E-state index contributed by atoms with van der Waals surface area (Å²) in [5.41, 5.74) is 8.51. The minimum absolute atomic E-state index is 0.0106. The van der Waals surface area contributed by atoms with Crippen molar-refractivity contribution in [3.05, 3.63) is 46.2 Å². The molecule has 19 heavy (non-hydrogen) atoms. The van der Waals surface area contributed by atoms with Crippen LogP contribution in [0.25, 0.3) is 0 Å². The number of anilines is 1. The van der Waals surface area contributed by atoms with Crippen molar-refractivity contribution in [2.24, 2.45) is 0 Å². The summed E-state index contributed by atoms with van der Waals surface area (Å²) >= 11 is 5.93. The molecule has 0 amide bonds. The molecule has 0 fully saturated rings. The van der Waals surface area contributed by atoms with Crippen molar-refractivity contribution in [1.29, 1.82) is 0 Å². The van der Waals surface area contributed by atoms with Crippen molar-refractivity contribution in [1.82, 2.24) is 9.78 Å². The van der Waals surface area contributed by atoms with Crippen LogP contribution in [0.2, 0.25) is 5.02 Å². The second kappa shape index (κ2) is 5.45. The molecule has 2 N–H and O–H groups in total. The van der Waals surface area contributed by atoms with Crippen molar-refractivity contribution in [2.45, 2.75) is 26.8 Å². The van der Waals surface area contributed by atoms with Gasteiger partial charge in [-0.2, -0.15) is 5.10 Å². The van der Waals surface area contributed by atoms with E-state index in [0.717, 1.165) is 17.9 Å². The summed E-state index contributed by atoms with van der Waals surface area (Å²) in [5.74, 6) is 0.0106. The topological polar surface area (TPSA) is 60.9 Å². The van der Waals surface area contributed by atoms with Gasteiger partial charge in [0.05, 0.1) is 22.8 Å². The first-order valence-corrected chi connectivity index (χ1v) is 6.50. The van der Waals surface area contributed by atoms with Gasteiger partial charge >= 0.3 is 0 Å². The number of nitrogens with zero attached hydrogens (tertiary/aromatic N) is 2. The molecule has 5 heteroatoms. The highest BCUT2D eigenvalue weighted by Crippen LogP contribution is 2.20. The maximum atomic E-state index is 12.2. The maximum absolute atomic E-state index is 12.2. The van der Waals surface area contributed by atoms with E-state index < -0.39 is 0 Å². The van der Waals surface area contributed by atoms with Crippen LogP contribution in [0.4, 0.5) is 5.69 Å². The number of benzene rings is 1. The van der Waals surface area contributed by atoms with Crippen molar-refractivity contribution >= 4 is 23.1 Å². The van der Waals surface area contributed by atoms with Gasteiger partial charge in [-0.05, 0) is 38.1 Å². The number of nitrogens with two attached hydrogens (primary N) is 1. The quantitative estimate of drug-likeness (QED) is 0.690. The molecule has 100 valence electrons. The average molecular weight is 278 g/mol. The van der Waals surface area contributed by atoms with Gasteiger partial charge in [0.25, 0.3) is 0 Å². The lowest BCUT2D eigenvalue weighted by molar-refractivity contribution is 0.0990. The van der Waals surface area contributed by atoms with Crippen LogP contribution in [-0.4, -0.2) is 15.6 Å². The predicted octanol–water partition coefficient (Wildman–Crippen LogP) is 2.87. The van der Waals surface area contributed by atoms with Gasteiger partial charge in [0.1, 0.15) is 0 Å². The second-order valence-corrected chi connectivity index (χ2v) is 4.84. The van der Waals surface area contributed by atoms with E-state index in [1.54, 1.807) is 18.2 Å². The Kier molecular flexibility index (Phi) is 3.90. The molecule has 0 spiro atoms. The van der Waals surface area contributed by atoms with Crippen molar-refractivity contribution in [3.63, 3.8) is 0 Å². The third-order valence-corrected chi connectivity index (χ3v) is 3.28. The minimum Gasteiger partial charge on any atom is -0.398 e. The Morgan fingerprint density at radius 1 is 1.42 bits per heavy atom. The largest absolute Gasteiger partial charge is 0.398 e. The van der Waals surface area contributed by atoms with Gasteiger partial charge in [-0.3, -0.25) is 9.48 Å². The van der Waals surface area contributed by atoms with Gasteiger partial charge in [0, 0.05) is 17.8 Å². The smallest absolute Gasteiger partial charge is 0.168 e. The zero-order chi connectivity index (χ0) is 14.0. The molecule has 0 aliphatic rings. The van der Waals surface area contributed by atoms with Gasteiger partial charge in [-0.1, -0.05) is 11.6 Å². The lowest BCUT2D eigenvalue weighted by Gasteiger charge is -2.05. The molecule has 0 saturated carbocycles. The predicted molar refractivity (Wildman–Crippen MR) is 76.5 cm³/mol. The fraction of sp³-hybridized carbons (Fsp3) is 0.286. The number of carbonyl (C=O) groups excluding carboxylic acids is 1. The van der Waals surface area contributed by atoms with Gasteiger partial charge in [-0.15, -0.1) is 0 Å². The molecule has 0 saturated heterocycles. The van der Waals surface area contributed by atoms with Crippen molar-refractivity contribution < 1.29 is 4.79 Å². The fourth-order valence-electron chi connectivity index (χ4n) is 1.98. The van der Waals surface area contributed by atoms with Crippen LogP contribution in [0.1, 0.15) is 28.7 Å². The van der Waals surface area contributed by atoms with E-state index in [4.69, 9.17) is 17.3 Å². The summed E-state index contributed by atoms with van der Waals surface area (Å²) in [6.45, 7) is 4.67. The van der Waals surface area contributed by atoms with Crippen LogP contribution >= 0.6 is 11.6 Å². The van der Waals surface area contributed by atoms with Crippen LogP contribution in [0, 0.1) is 6.92 Å². The molecule has 4 nitrogen and oxygen atoms in total. The van der Waals surface area contributed by atoms with Gasteiger partial charge in [0.15, 0.2) is 5.78 Å². The summed E-state index contributed by atoms with van der Waals surface area (Å²) in [6.07, 6.45) is 0.314. The zero-order valence-corrected chi connectivity index (χ0v) is 11.7. The summed E-state index contributed by atoms with van der Waals surface area (Å²) in [6, 6.07) is 6.89. The molecule has 1 aromatic heterocycles. The number of rotatable bonds is 4. The van der Waals surface area contributed by atoms with Crippen molar-refractivity contribution in [2.75, 3.05) is 5.73 Å². The number of hydrogen-bond donors (Lipinski definition) is 1. The maximum Gasteiger partial charge on any atom is 0.168 e. The lowest BCUT2D eigenvalue weighted by Crippen LogP contribution is -2.09. The molecule has 2 rings (SSSR count). The molecular formula is C14H16ClN3O. The highest BCUT2D eigenvalue weighted by molar-refractivity contribution is 6.33. The van der Waals surface area contributed by atoms with E-state index in [1.165, 1.54) is 0 Å². The van der Waals surface area contributed by atoms with Crippen LogP contribution < -0.4 is 5.73 Å².